The molecule has 18 heavy (non-hydrogen) atoms. The Bertz CT molecular complexity index is 408. The molecule has 1 aliphatic carbocycles. The van der Waals surface area contributed by atoms with Crippen molar-refractivity contribution in [1.82, 2.24) is 10.3 Å². The molecule has 1 aromatic rings. The first-order valence-corrected chi connectivity index (χ1v) is 6.56. The molecule has 0 aliphatic heterocycles. The molecular formula is C14H19N3O. The predicted molar refractivity (Wildman–Crippen MR) is 68.9 cm³/mol. The second-order valence-corrected chi connectivity index (χ2v) is 4.58. The number of nitrogens with zero attached hydrogens (tertiary/aromatic N) is 2. The van der Waals surface area contributed by atoms with Gasteiger partial charge in [-0.25, -0.2) is 4.98 Å². The van der Waals surface area contributed by atoms with Gasteiger partial charge in [-0.1, -0.05) is 18.9 Å². The Labute approximate surface area is 108 Å². The normalized spacial score (nSPS) is 15.7. The smallest absolute Gasteiger partial charge is 0.144 e. The Balaban J connectivity index is 1.64. The molecule has 1 aromatic heterocycles. The average Bonchev–Trinajstić information content (AvgIpc) is 2.92. The molecule has 1 aliphatic rings. The molecule has 1 saturated carbocycles. The van der Waals surface area contributed by atoms with Crippen LogP contribution >= 0.6 is 0 Å². The zero-order chi connectivity index (χ0) is 12.6. The quantitative estimate of drug-likeness (QED) is 0.779. The van der Waals surface area contributed by atoms with Crippen LogP contribution in [0.3, 0.4) is 0 Å². The number of nitriles is 1. The maximum absolute atomic E-state index is 8.90. The van der Waals surface area contributed by atoms with E-state index in [9.17, 15) is 0 Å². The zero-order valence-electron chi connectivity index (χ0n) is 10.6. The van der Waals surface area contributed by atoms with Crippen molar-refractivity contribution in [2.75, 3.05) is 13.2 Å². The molecule has 96 valence electrons. The summed E-state index contributed by atoms with van der Waals surface area (Å²) in [5.41, 5.74) is 1.45. The summed E-state index contributed by atoms with van der Waals surface area (Å²) in [6.07, 6.45) is 7.14. The molecule has 0 spiro atoms. The van der Waals surface area contributed by atoms with Crippen LogP contribution in [0.15, 0.2) is 18.3 Å². The highest BCUT2D eigenvalue weighted by atomic mass is 16.5. The van der Waals surface area contributed by atoms with Gasteiger partial charge < -0.3 is 10.1 Å². The zero-order valence-corrected chi connectivity index (χ0v) is 10.6. The van der Waals surface area contributed by atoms with Gasteiger partial charge in [-0.05, 0) is 18.9 Å². The van der Waals surface area contributed by atoms with E-state index in [1.165, 1.54) is 25.7 Å². The lowest BCUT2D eigenvalue weighted by molar-refractivity contribution is 0.0602. The first-order chi connectivity index (χ1) is 8.90. The summed E-state index contributed by atoms with van der Waals surface area (Å²) in [5.74, 6) is 0. The van der Waals surface area contributed by atoms with Crippen molar-refractivity contribution in [2.45, 2.75) is 38.3 Å². The van der Waals surface area contributed by atoms with Crippen LogP contribution < -0.4 is 5.32 Å². The summed E-state index contributed by atoms with van der Waals surface area (Å²) in [6.45, 7) is 2.23. The Morgan fingerprint density at radius 2 is 2.28 bits per heavy atom. The fraction of sp³-hybridized carbons (Fsp3) is 0.571. The summed E-state index contributed by atoms with van der Waals surface area (Å²) < 4.78 is 5.75. The molecule has 0 saturated heterocycles. The summed E-state index contributed by atoms with van der Waals surface area (Å²) in [4.78, 5) is 4.03. The van der Waals surface area contributed by atoms with Crippen LogP contribution in [0.25, 0.3) is 0 Å². The van der Waals surface area contributed by atoms with Crippen molar-refractivity contribution < 1.29 is 4.74 Å². The van der Waals surface area contributed by atoms with Crippen molar-refractivity contribution >= 4 is 0 Å². The molecule has 1 heterocycles. The second kappa shape index (κ2) is 7.10. The summed E-state index contributed by atoms with van der Waals surface area (Å²) >= 11 is 0. The Kier molecular flexibility index (Phi) is 5.13. The third-order valence-electron chi connectivity index (χ3n) is 3.25. The maximum atomic E-state index is 8.90. The summed E-state index contributed by atoms with van der Waals surface area (Å²) in [6, 6.07) is 5.88. The Morgan fingerprint density at radius 3 is 3.06 bits per heavy atom. The van der Waals surface area contributed by atoms with E-state index in [1.807, 2.05) is 12.1 Å². The highest BCUT2D eigenvalue weighted by Crippen LogP contribution is 2.20. The number of pyridine rings is 1. The minimum Gasteiger partial charge on any atom is -0.377 e. The van der Waals surface area contributed by atoms with Gasteiger partial charge in [0.15, 0.2) is 0 Å². The lowest BCUT2D eigenvalue weighted by Gasteiger charge is -2.11. The molecule has 0 amide bonds. The van der Waals surface area contributed by atoms with E-state index in [2.05, 4.69) is 16.4 Å². The number of aromatic nitrogens is 1. The molecule has 1 N–H and O–H groups in total. The van der Waals surface area contributed by atoms with Gasteiger partial charge in [0, 0.05) is 24.8 Å². The topological polar surface area (TPSA) is 57.9 Å². The maximum Gasteiger partial charge on any atom is 0.144 e. The highest BCUT2D eigenvalue weighted by Gasteiger charge is 2.14. The Morgan fingerprint density at radius 1 is 1.44 bits per heavy atom. The molecule has 1 fully saturated rings. The fourth-order valence-electron chi connectivity index (χ4n) is 2.26. The standard InChI is InChI=1S/C14H19N3O/c15-10-14-12(4-3-7-17-14)11-16-8-9-18-13-5-1-2-6-13/h3-4,7,13,16H,1-2,5-6,8-9,11H2. The monoisotopic (exact) mass is 245 g/mol. The number of ether oxygens (including phenoxy) is 1. The van der Waals surface area contributed by atoms with E-state index in [1.54, 1.807) is 6.20 Å². The lowest BCUT2D eigenvalue weighted by atomic mass is 10.2. The average molecular weight is 245 g/mol. The molecule has 0 unspecified atom stereocenters. The molecular weight excluding hydrogens is 226 g/mol. The molecule has 0 radical (unpaired) electrons. The minimum absolute atomic E-state index is 0.472. The van der Waals surface area contributed by atoms with Gasteiger partial charge in [-0.3, -0.25) is 0 Å². The van der Waals surface area contributed by atoms with Crippen molar-refractivity contribution in [3.05, 3.63) is 29.6 Å². The molecule has 4 heteroatoms. The van der Waals surface area contributed by atoms with E-state index < -0.39 is 0 Å². The van der Waals surface area contributed by atoms with Crippen LogP contribution in [-0.4, -0.2) is 24.2 Å². The van der Waals surface area contributed by atoms with Crippen LogP contribution in [0.4, 0.5) is 0 Å². The lowest BCUT2D eigenvalue weighted by Crippen LogP contribution is -2.22. The van der Waals surface area contributed by atoms with Gasteiger partial charge in [0.1, 0.15) is 11.8 Å². The van der Waals surface area contributed by atoms with E-state index in [0.29, 0.717) is 18.3 Å². The Hall–Kier alpha value is -1.44. The van der Waals surface area contributed by atoms with E-state index in [4.69, 9.17) is 10.00 Å². The summed E-state index contributed by atoms with van der Waals surface area (Å²) in [7, 11) is 0. The van der Waals surface area contributed by atoms with Crippen LogP contribution in [0.2, 0.25) is 0 Å². The SMILES string of the molecule is N#Cc1ncccc1CNCCOC1CCCC1. The summed E-state index contributed by atoms with van der Waals surface area (Å²) in [5, 5.41) is 12.2. The van der Waals surface area contributed by atoms with E-state index in [-0.39, 0.29) is 0 Å². The van der Waals surface area contributed by atoms with Crippen molar-refractivity contribution in [2.24, 2.45) is 0 Å². The van der Waals surface area contributed by atoms with Crippen molar-refractivity contribution in [3.63, 3.8) is 0 Å². The number of hydrogen-bond donors (Lipinski definition) is 1. The van der Waals surface area contributed by atoms with Crippen LogP contribution in [-0.2, 0) is 11.3 Å². The van der Waals surface area contributed by atoms with Crippen molar-refractivity contribution in [1.29, 1.82) is 5.26 Å². The molecule has 0 atom stereocenters. The first-order valence-electron chi connectivity index (χ1n) is 6.56. The molecule has 0 bridgehead atoms. The van der Waals surface area contributed by atoms with Gasteiger partial charge in [-0.15, -0.1) is 0 Å². The van der Waals surface area contributed by atoms with Crippen LogP contribution in [0, 0.1) is 11.3 Å². The van der Waals surface area contributed by atoms with Gasteiger partial charge in [0.25, 0.3) is 0 Å². The largest absolute Gasteiger partial charge is 0.377 e. The third-order valence-corrected chi connectivity index (χ3v) is 3.25. The van der Waals surface area contributed by atoms with Gasteiger partial charge in [0.05, 0.1) is 12.7 Å². The third kappa shape index (κ3) is 3.80. The highest BCUT2D eigenvalue weighted by molar-refractivity contribution is 5.30. The minimum atomic E-state index is 0.472. The number of rotatable bonds is 6. The van der Waals surface area contributed by atoms with E-state index >= 15 is 0 Å². The van der Waals surface area contributed by atoms with Gasteiger partial charge in [0.2, 0.25) is 0 Å². The molecule has 0 aromatic carbocycles. The molecule has 4 nitrogen and oxygen atoms in total. The fourth-order valence-corrected chi connectivity index (χ4v) is 2.26. The van der Waals surface area contributed by atoms with Crippen LogP contribution in [0.1, 0.15) is 36.9 Å². The predicted octanol–water partition coefficient (Wildman–Crippen LogP) is 2.00. The molecule has 2 rings (SSSR count). The van der Waals surface area contributed by atoms with Gasteiger partial charge in [-0.2, -0.15) is 5.26 Å². The second-order valence-electron chi connectivity index (χ2n) is 4.58. The van der Waals surface area contributed by atoms with E-state index in [0.717, 1.165) is 18.7 Å². The van der Waals surface area contributed by atoms with Gasteiger partial charge >= 0.3 is 0 Å². The van der Waals surface area contributed by atoms with Crippen LogP contribution in [0.5, 0.6) is 0 Å². The van der Waals surface area contributed by atoms with Crippen molar-refractivity contribution in [3.8, 4) is 6.07 Å². The number of nitrogens with one attached hydrogen (secondary N) is 1. The number of hydrogen-bond acceptors (Lipinski definition) is 4. The first kappa shape index (κ1) is 13.0.